The van der Waals surface area contributed by atoms with Gasteiger partial charge in [0.05, 0.1) is 0 Å². The van der Waals surface area contributed by atoms with Crippen LogP contribution in [-0.2, 0) is 0 Å². The van der Waals surface area contributed by atoms with Crippen LogP contribution in [0.15, 0.2) is 54.6 Å². The van der Waals surface area contributed by atoms with Gasteiger partial charge in [0, 0.05) is 28.0 Å². The molecule has 0 amide bonds. The molecule has 124 valence electrons. The molecule has 1 N–H and O–H groups in total. The fraction of sp³-hybridized carbons (Fsp3) is 0.0556. The highest BCUT2D eigenvalue weighted by Crippen LogP contribution is 2.22. The number of aryl methyl sites for hydroxylation is 1. The van der Waals surface area contributed by atoms with Crippen LogP contribution in [-0.4, -0.2) is 19.6 Å². The van der Waals surface area contributed by atoms with Crippen LogP contribution in [0.5, 0.6) is 0 Å². The monoisotopic (exact) mass is 353 g/mol. The quantitative estimate of drug-likeness (QED) is 0.583. The summed E-state index contributed by atoms with van der Waals surface area (Å²) in [5.74, 6) is 1.45. The van der Waals surface area contributed by atoms with E-state index in [0.29, 0.717) is 22.4 Å². The zero-order valence-electron chi connectivity index (χ0n) is 13.2. The molecule has 4 aromatic rings. The van der Waals surface area contributed by atoms with Crippen molar-refractivity contribution in [2.24, 2.45) is 0 Å². The van der Waals surface area contributed by atoms with Gasteiger partial charge < -0.3 is 5.32 Å². The van der Waals surface area contributed by atoms with E-state index in [0.717, 1.165) is 16.9 Å². The third-order valence-corrected chi connectivity index (χ3v) is 3.91. The molecular weight excluding hydrogens is 341 g/mol. The number of nitrogens with one attached hydrogen (secondary N) is 1. The second kappa shape index (κ2) is 6.14. The van der Waals surface area contributed by atoms with Crippen molar-refractivity contribution in [2.45, 2.75) is 6.92 Å². The molecule has 0 bridgehead atoms. The number of halogens is 2. The Labute approximate surface area is 148 Å². The Balaban J connectivity index is 1.78. The highest BCUT2D eigenvalue weighted by molar-refractivity contribution is 6.30. The third-order valence-electron chi connectivity index (χ3n) is 3.66. The Kier molecular flexibility index (Phi) is 3.82. The normalized spacial score (nSPS) is 11.0. The van der Waals surface area contributed by atoms with Crippen molar-refractivity contribution >= 4 is 28.9 Å². The first kappa shape index (κ1) is 15.5. The Hall–Kier alpha value is -2.99. The van der Waals surface area contributed by atoms with Gasteiger partial charge >= 0.3 is 0 Å². The van der Waals surface area contributed by atoms with Gasteiger partial charge in [-0.05, 0) is 55.5 Å². The van der Waals surface area contributed by atoms with Crippen molar-refractivity contribution in [3.8, 4) is 11.4 Å². The minimum absolute atomic E-state index is 0.285. The van der Waals surface area contributed by atoms with Crippen LogP contribution in [0.4, 0.5) is 15.9 Å². The lowest BCUT2D eigenvalue weighted by Gasteiger charge is -2.08. The van der Waals surface area contributed by atoms with Crippen molar-refractivity contribution in [3.63, 3.8) is 0 Å². The standard InChI is InChI=1S/C18H13ClFN5/c1-11-10-16(22-15-8-6-14(20)7-9-15)25-18(21-11)23-17(24-25)12-2-4-13(19)5-3-12/h2-10,22H,1H3. The summed E-state index contributed by atoms with van der Waals surface area (Å²) < 4.78 is 14.7. The topological polar surface area (TPSA) is 55.1 Å². The largest absolute Gasteiger partial charge is 0.340 e. The van der Waals surface area contributed by atoms with Crippen LogP contribution < -0.4 is 5.32 Å². The third kappa shape index (κ3) is 3.16. The van der Waals surface area contributed by atoms with Crippen molar-refractivity contribution < 1.29 is 4.39 Å². The lowest BCUT2D eigenvalue weighted by Crippen LogP contribution is -2.02. The molecule has 0 saturated carbocycles. The molecule has 25 heavy (non-hydrogen) atoms. The van der Waals surface area contributed by atoms with Gasteiger partial charge in [-0.1, -0.05) is 11.6 Å². The van der Waals surface area contributed by atoms with Gasteiger partial charge in [-0.15, -0.1) is 5.10 Å². The maximum atomic E-state index is 13.1. The van der Waals surface area contributed by atoms with E-state index in [1.54, 1.807) is 28.8 Å². The van der Waals surface area contributed by atoms with Gasteiger partial charge in [-0.25, -0.2) is 9.37 Å². The van der Waals surface area contributed by atoms with Crippen LogP contribution >= 0.6 is 11.6 Å². The first-order chi connectivity index (χ1) is 12.1. The van der Waals surface area contributed by atoms with Crippen molar-refractivity contribution in [2.75, 3.05) is 5.32 Å². The van der Waals surface area contributed by atoms with E-state index in [-0.39, 0.29) is 5.82 Å². The van der Waals surface area contributed by atoms with E-state index in [2.05, 4.69) is 20.4 Å². The molecular formula is C18H13ClFN5. The van der Waals surface area contributed by atoms with E-state index in [1.165, 1.54) is 12.1 Å². The minimum atomic E-state index is -0.285. The molecule has 0 aliphatic carbocycles. The van der Waals surface area contributed by atoms with E-state index in [9.17, 15) is 4.39 Å². The number of aromatic nitrogens is 4. The number of hydrogen-bond acceptors (Lipinski definition) is 4. The molecule has 2 aromatic carbocycles. The number of fused-ring (bicyclic) bond motifs is 1. The highest BCUT2D eigenvalue weighted by atomic mass is 35.5. The van der Waals surface area contributed by atoms with Crippen LogP contribution in [0, 0.1) is 12.7 Å². The van der Waals surface area contributed by atoms with Crippen LogP contribution in [0.25, 0.3) is 17.2 Å². The molecule has 0 aliphatic rings. The van der Waals surface area contributed by atoms with E-state index in [1.807, 2.05) is 25.1 Å². The zero-order chi connectivity index (χ0) is 17.4. The van der Waals surface area contributed by atoms with Crippen molar-refractivity contribution in [1.82, 2.24) is 19.6 Å². The number of hydrogen-bond donors (Lipinski definition) is 1. The predicted octanol–water partition coefficient (Wildman–Crippen LogP) is 4.64. The maximum Gasteiger partial charge on any atom is 0.254 e. The number of nitrogens with zero attached hydrogens (tertiary/aromatic N) is 4. The van der Waals surface area contributed by atoms with Crippen molar-refractivity contribution in [1.29, 1.82) is 0 Å². The highest BCUT2D eigenvalue weighted by Gasteiger charge is 2.12. The number of rotatable bonds is 3. The summed E-state index contributed by atoms with van der Waals surface area (Å²) in [5, 5.41) is 8.41. The fourth-order valence-electron chi connectivity index (χ4n) is 2.48. The lowest BCUT2D eigenvalue weighted by atomic mass is 10.2. The summed E-state index contributed by atoms with van der Waals surface area (Å²) in [6.45, 7) is 1.88. The minimum Gasteiger partial charge on any atom is -0.340 e. The summed E-state index contributed by atoms with van der Waals surface area (Å²) in [6.07, 6.45) is 0. The average Bonchev–Trinajstić information content (AvgIpc) is 3.01. The van der Waals surface area contributed by atoms with Crippen molar-refractivity contribution in [3.05, 3.63) is 71.1 Å². The van der Waals surface area contributed by atoms with Crippen LogP contribution in [0.3, 0.4) is 0 Å². The van der Waals surface area contributed by atoms with Gasteiger partial charge in [0.1, 0.15) is 11.6 Å². The smallest absolute Gasteiger partial charge is 0.254 e. The molecule has 0 fully saturated rings. The number of anilines is 2. The first-order valence-electron chi connectivity index (χ1n) is 7.61. The van der Waals surface area contributed by atoms with Crippen LogP contribution in [0.2, 0.25) is 5.02 Å². The molecule has 0 radical (unpaired) electrons. The molecule has 0 saturated heterocycles. The second-order valence-corrected chi connectivity index (χ2v) is 6.01. The van der Waals surface area contributed by atoms with Gasteiger partial charge in [0.25, 0.3) is 5.78 Å². The Morgan fingerprint density at radius 3 is 2.44 bits per heavy atom. The molecule has 0 unspecified atom stereocenters. The molecule has 0 spiro atoms. The van der Waals surface area contributed by atoms with E-state index < -0.39 is 0 Å². The first-order valence-corrected chi connectivity index (χ1v) is 7.99. The molecule has 5 nitrogen and oxygen atoms in total. The summed E-state index contributed by atoms with van der Waals surface area (Å²) in [4.78, 5) is 8.91. The second-order valence-electron chi connectivity index (χ2n) is 5.57. The lowest BCUT2D eigenvalue weighted by molar-refractivity contribution is 0.628. The Morgan fingerprint density at radius 2 is 1.72 bits per heavy atom. The fourth-order valence-corrected chi connectivity index (χ4v) is 2.60. The molecule has 2 heterocycles. The average molecular weight is 354 g/mol. The summed E-state index contributed by atoms with van der Waals surface area (Å²) in [6, 6.07) is 15.3. The summed E-state index contributed by atoms with van der Waals surface area (Å²) in [7, 11) is 0. The van der Waals surface area contributed by atoms with Gasteiger partial charge in [0.15, 0.2) is 5.82 Å². The zero-order valence-corrected chi connectivity index (χ0v) is 14.0. The molecule has 7 heteroatoms. The van der Waals surface area contributed by atoms with Crippen LogP contribution in [0.1, 0.15) is 5.69 Å². The summed E-state index contributed by atoms with van der Waals surface area (Å²) >= 11 is 5.93. The van der Waals surface area contributed by atoms with E-state index >= 15 is 0 Å². The Morgan fingerprint density at radius 1 is 1.00 bits per heavy atom. The van der Waals surface area contributed by atoms with Gasteiger partial charge in [-0.2, -0.15) is 9.50 Å². The molecule has 2 aromatic heterocycles. The SMILES string of the molecule is Cc1cc(Nc2ccc(F)cc2)n2nc(-c3ccc(Cl)cc3)nc2n1. The molecule has 0 aliphatic heterocycles. The van der Waals surface area contributed by atoms with Gasteiger partial charge in [-0.3, -0.25) is 0 Å². The predicted molar refractivity (Wildman–Crippen MR) is 95.6 cm³/mol. The van der Waals surface area contributed by atoms with Gasteiger partial charge in [0.2, 0.25) is 0 Å². The molecule has 0 atom stereocenters. The molecule has 4 rings (SSSR count). The summed E-state index contributed by atoms with van der Waals surface area (Å²) in [5.41, 5.74) is 2.39. The maximum absolute atomic E-state index is 13.1. The Bertz CT molecular complexity index is 1040. The van der Waals surface area contributed by atoms with E-state index in [4.69, 9.17) is 11.6 Å². The number of benzene rings is 2.